The predicted octanol–water partition coefficient (Wildman–Crippen LogP) is 2.79. The molecule has 16 heavy (non-hydrogen) atoms. The standard InChI is InChI=1S/C13H18N2O/c1-4-16-13(2,3)10-15-12-7-5-11(9-14)6-8-12/h5-8,15H,4,10H2,1-3H3. The summed E-state index contributed by atoms with van der Waals surface area (Å²) >= 11 is 0. The second-order valence-electron chi connectivity index (χ2n) is 4.24. The maximum Gasteiger partial charge on any atom is 0.0991 e. The maximum atomic E-state index is 8.67. The van der Waals surface area contributed by atoms with Gasteiger partial charge in [-0.2, -0.15) is 5.26 Å². The molecule has 3 nitrogen and oxygen atoms in total. The number of hydrogen-bond acceptors (Lipinski definition) is 3. The average molecular weight is 218 g/mol. The minimum absolute atomic E-state index is 0.178. The van der Waals surface area contributed by atoms with Gasteiger partial charge >= 0.3 is 0 Å². The number of benzene rings is 1. The molecule has 0 unspecified atom stereocenters. The fourth-order valence-electron chi connectivity index (χ4n) is 1.42. The summed E-state index contributed by atoms with van der Waals surface area (Å²) < 4.78 is 5.58. The van der Waals surface area contributed by atoms with E-state index in [0.29, 0.717) is 12.2 Å². The van der Waals surface area contributed by atoms with Crippen LogP contribution < -0.4 is 5.32 Å². The number of ether oxygens (including phenoxy) is 1. The molecule has 1 rings (SSSR count). The van der Waals surface area contributed by atoms with Crippen molar-refractivity contribution in [3.8, 4) is 6.07 Å². The minimum atomic E-state index is -0.178. The van der Waals surface area contributed by atoms with Gasteiger partial charge in [-0.1, -0.05) is 0 Å². The summed E-state index contributed by atoms with van der Waals surface area (Å²) in [6.07, 6.45) is 0. The smallest absolute Gasteiger partial charge is 0.0991 e. The van der Waals surface area contributed by atoms with Gasteiger partial charge in [0.2, 0.25) is 0 Å². The Kier molecular flexibility index (Phi) is 4.33. The zero-order valence-corrected chi connectivity index (χ0v) is 10.1. The molecule has 1 aromatic carbocycles. The van der Waals surface area contributed by atoms with Crippen molar-refractivity contribution in [2.24, 2.45) is 0 Å². The van der Waals surface area contributed by atoms with E-state index >= 15 is 0 Å². The van der Waals surface area contributed by atoms with E-state index in [1.165, 1.54) is 0 Å². The van der Waals surface area contributed by atoms with E-state index in [1.54, 1.807) is 12.1 Å². The van der Waals surface area contributed by atoms with Crippen LogP contribution in [0.4, 0.5) is 5.69 Å². The molecule has 0 fully saturated rings. The molecule has 0 bridgehead atoms. The molecule has 0 saturated heterocycles. The van der Waals surface area contributed by atoms with Crippen LogP contribution in [0.25, 0.3) is 0 Å². The van der Waals surface area contributed by atoms with Crippen molar-refractivity contribution in [3.05, 3.63) is 29.8 Å². The van der Waals surface area contributed by atoms with Crippen LogP contribution in [0.15, 0.2) is 24.3 Å². The van der Waals surface area contributed by atoms with Gasteiger partial charge in [-0.05, 0) is 45.0 Å². The molecular formula is C13H18N2O. The Labute approximate surface area is 97.0 Å². The molecule has 0 spiro atoms. The van der Waals surface area contributed by atoms with Crippen molar-refractivity contribution in [1.82, 2.24) is 0 Å². The molecule has 0 atom stereocenters. The fourth-order valence-corrected chi connectivity index (χ4v) is 1.42. The summed E-state index contributed by atoms with van der Waals surface area (Å²) in [6, 6.07) is 9.50. The zero-order chi connectivity index (χ0) is 12.0. The van der Waals surface area contributed by atoms with E-state index in [4.69, 9.17) is 10.00 Å². The Hall–Kier alpha value is -1.53. The van der Waals surface area contributed by atoms with Crippen LogP contribution in [0, 0.1) is 11.3 Å². The quantitative estimate of drug-likeness (QED) is 0.826. The molecule has 0 saturated carbocycles. The van der Waals surface area contributed by atoms with Gasteiger partial charge in [-0.15, -0.1) is 0 Å². The third-order valence-corrected chi connectivity index (χ3v) is 2.27. The van der Waals surface area contributed by atoms with Gasteiger partial charge in [0.15, 0.2) is 0 Å². The summed E-state index contributed by atoms with van der Waals surface area (Å²) in [6.45, 7) is 7.54. The van der Waals surface area contributed by atoms with Gasteiger partial charge in [0.1, 0.15) is 0 Å². The normalized spacial score (nSPS) is 10.9. The molecule has 0 aliphatic rings. The monoisotopic (exact) mass is 218 g/mol. The first-order valence-corrected chi connectivity index (χ1v) is 5.45. The first-order valence-electron chi connectivity index (χ1n) is 5.45. The van der Waals surface area contributed by atoms with Crippen molar-refractivity contribution in [2.45, 2.75) is 26.4 Å². The van der Waals surface area contributed by atoms with Crippen molar-refractivity contribution in [2.75, 3.05) is 18.5 Å². The summed E-state index contributed by atoms with van der Waals surface area (Å²) in [5.41, 5.74) is 1.50. The molecular weight excluding hydrogens is 200 g/mol. The molecule has 86 valence electrons. The largest absolute Gasteiger partial charge is 0.382 e. The Balaban J connectivity index is 2.52. The van der Waals surface area contributed by atoms with E-state index in [-0.39, 0.29) is 5.60 Å². The lowest BCUT2D eigenvalue weighted by molar-refractivity contribution is 0.000699. The lowest BCUT2D eigenvalue weighted by atomic mass is 10.1. The topological polar surface area (TPSA) is 45.0 Å². The summed E-state index contributed by atoms with van der Waals surface area (Å²) in [5.74, 6) is 0. The van der Waals surface area contributed by atoms with E-state index in [2.05, 4.69) is 11.4 Å². The Morgan fingerprint density at radius 3 is 2.44 bits per heavy atom. The number of hydrogen-bond donors (Lipinski definition) is 1. The second-order valence-corrected chi connectivity index (χ2v) is 4.24. The van der Waals surface area contributed by atoms with Crippen LogP contribution in [0.3, 0.4) is 0 Å². The second kappa shape index (κ2) is 5.53. The highest BCUT2D eigenvalue weighted by molar-refractivity contribution is 5.47. The third-order valence-electron chi connectivity index (χ3n) is 2.27. The summed E-state index contributed by atoms with van der Waals surface area (Å²) in [7, 11) is 0. The molecule has 1 N–H and O–H groups in total. The lowest BCUT2D eigenvalue weighted by Crippen LogP contribution is -2.33. The van der Waals surface area contributed by atoms with Crippen molar-refractivity contribution >= 4 is 5.69 Å². The van der Waals surface area contributed by atoms with Gasteiger partial charge in [-0.3, -0.25) is 0 Å². The Bertz CT molecular complexity index is 363. The Morgan fingerprint density at radius 1 is 1.31 bits per heavy atom. The summed E-state index contributed by atoms with van der Waals surface area (Å²) in [4.78, 5) is 0. The van der Waals surface area contributed by atoms with Crippen LogP contribution >= 0.6 is 0 Å². The van der Waals surface area contributed by atoms with Crippen LogP contribution in [-0.2, 0) is 4.74 Å². The number of nitrogens with one attached hydrogen (secondary N) is 1. The van der Waals surface area contributed by atoms with Gasteiger partial charge < -0.3 is 10.1 Å². The van der Waals surface area contributed by atoms with Crippen LogP contribution in [0.2, 0.25) is 0 Å². The molecule has 0 aliphatic heterocycles. The van der Waals surface area contributed by atoms with Crippen LogP contribution in [0.5, 0.6) is 0 Å². The highest BCUT2D eigenvalue weighted by Gasteiger charge is 2.16. The first-order chi connectivity index (χ1) is 7.57. The van der Waals surface area contributed by atoms with Crippen molar-refractivity contribution in [3.63, 3.8) is 0 Å². The van der Waals surface area contributed by atoms with E-state index < -0.39 is 0 Å². The molecule has 0 aliphatic carbocycles. The third kappa shape index (κ3) is 3.92. The van der Waals surface area contributed by atoms with Gasteiger partial charge in [0, 0.05) is 18.8 Å². The average Bonchev–Trinajstić information content (AvgIpc) is 2.27. The van der Waals surface area contributed by atoms with E-state index in [9.17, 15) is 0 Å². The fraction of sp³-hybridized carbons (Fsp3) is 0.462. The summed E-state index contributed by atoms with van der Waals surface area (Å²) in [5, 5.41) is 12.0. The molecule has 1 aromatic rings. The number of nitriles is 1. The molecule has 0 aromatic heterocycles. The first kappa shape index (κ1) is 12.5. The maximum absolute atomic E-state index is 8.67. The highest BCUT2D eigenvalue weighted by atomic mass is 16.5. The van der Waals surface area contributed by atoms with E-state index in [1.807, 2.05) is 32.9 Å². The van der Waals surface area contributed by atoms with Crippen LogP contribution in [0.1, 0.15) is 26.3 Å². The Morgan fingerprint density at radius 2 is 1.94 bits per heavy atom. The minimum Gasteiger partial charge on any atom is -0.382 e. The number of nitrogens with zero attached hydrogens (tertiary/aromatic N) is 1. The zero-order valence-electron chi connectivity index (χ0n) is 10.1. The van der Waals surface area contributed by atoms with Gasteiger partial charge in [0.25, 0.3) is 0 Å². The highest BCUT2D eigenvalue weighted by Crippen LogP contribution is 2.13. The molecule has 3 heteroatoms. The number of rotatable bonds is 5. The van der Waals surface area contributed by atoms with Crippen molar-refractivity contribution < 1.29 is 4.74 Å². The van der Waals surface area contributed by atoms with Gasteiger partial charge in [-0.25, -0.2) is 0 Å². The van der Waals surface area contributed by atoms with Gasteiger partial charge in [0.05, 0.1) is 17.2 Å². The van der Waals surface area contributed by atoms with Crippen molar-refractivity contribution in [1.29, 1.82) is 5.26 Å². The van der Waals surface area contributed by atoms with Crippen LogP contribution in [-0.4, -0.2) is 18.8 Å². The molecule has 0 radical (unpaired) electrons. The predicted molar refractivity (Wildman–Crippen MR) is 65.4 cm³/mol. The lowest BCUT2D eigenvalue weighted by Gasteiger charge is -2.25. The molecule has 0 amide bonds. The number of anilines is 1. The van der Waals surface area contributed by atoms with E-state index in [0.717, 1.165) is 12.2 Å². The SMILES string of the molecule is CCOC(C)(C)CNc1ccc(C#N)cc1. The molecule has 0 heterocycles.